The molecule has 4 rings (SSSR count). The minimum absolute atomic E-state index is 0.319. The molecule has 0 amide bonds. The van der Waals surface area contributed by atoms with Crippen molar-refractivity contribution >= 4 is 16.5 Å². The van der Waals surface area contributed by atoms with Crippen LogP contribution in [0, 0.1) is 0 Å². The van der Waals surface area contributed by atoms with E-state index in [9.17, 15) is 0 Å². The monoisotopic (exact) mass is 398 g/mol. The molecule has 3 heteroatoms. The van der Waals surface area contributed by atoms with Gasteiger partial charge in [-0.05, 0) is 40.0 Å². The van der Waals surface area contributed by atoms with Crippen molar-refractivity contribution in [3.05, 3.63) is 102 Å². The molecule has 0 spiro atoms. The van der Waals surface area contributed by atoms with Gasteiger partial charge in [-0.1, -0.05) is 74.2 Å². The van der Waals surface area contributed by atoms with E-state index in [0.29, 0.717) is 0 Å². The maximum Gasteiger partial charge on any atom is 0.189 e. The molecule has 1 N–H and O–H groups in total. The van der Waals surface area contributed by atoms with Crippen LogP contribution >= 0.6 is 0 Å². The number of rotatable bonds is 6. The van der Waals surface area contributed by atoms with Gasteiger partial charge in [0, 0.05) is 31.3 Å². The van der Waals surface area contributed by atoms with Crippen LogP contribution in [-0.4, -0.2) is 32.1 Å². The quantitative estimate of drug-likeness (QED) is 0.573. The Labute approximate surface area is 179 Å². The first-order valence-electron chi connectivity index (χ1n) is 10.5. The van der Waals surface area contributed by atoms with Gasteiger partial charge in [0.05, 0.1) is 6.54 Å². The van der Waals surface area contributed by atoms with Crippen molar-refractivity contribution in [3.8, 4) is 0 Å². The number of ether oxygens (including phenoxy) is 1. The summed E-state index contributed by atoms with van der Waals surface area (Å²) >= 11 is 0. The van der Waals surface area contributed by atoms with Crippen molar-refractivity contribution in [2.75, 3.05) is 32.6 Å². The number of hydrogen-bond donors (Lipinski definition) is 1. The standard InChI is InChI=1S/C27H30N2O/c1-20(18-25-29(4)16-17-30-25)27(2,19-21-10-6-5-7-11-21)26-23-13-9-8-12-22(23)14-15-24(26)28-3/h5-15,18,28H,1,16-17,19H2,2-4H3/b25-18-. The highest BCUT2D eigenvalue weighted by atomic mass is 16.5. The molecule has 3 aromatic rings. The molecule has 0 aromatic heterocycles. The number of anilines is 1. The van der Waals surface area contributed by atoms with Crippen LogP contribution in [0.4, 0.5) is 5.69 Å². The molecule has 1 atom stereocenters. The summed E-state index contributed by atoms with van der Waals surface area (Å²) in [7, 11) is 4.06. The van der Waals surface area contributed by atoms with Crippen molar-refractivity contribution in [2.24, 2.45) is 0 Å². The topological polar surface area (TPSA) is 24.5 Å². The van der Waals surface area contributed by atoms with Crippen LogP contribution in [-0.2, 0) is 16.6 Å². The van der Waals surface area contributed by atoms with Crippen LogP contribution in [0.5, 0.6) is 0 Å². The Morgan fingerprint density at radius 2 is 1.83 bits per heavy atom. The summed E-state index contributed by atoms with van der Waals surface area (Å²) in [5.74, 6) is 0.894. The van der Waals surface area contributed by atoms with Crippen LogP contribution in [0.15, 0.2) is 90.8 Å². The molecule has 1 saturated heterocycles. The van der Waals surface area contributed by atoms with E-state index in [0.717, 1.165) is 36.7 Å². The lowest BCUT2D eigenvalue weighted by molar-refractivity contribution is 0.243. The van der Waals surface area contributed by atoms with Crippen LogP contribution < -0.4 is 5.32 Å². The molecular weight excluding hydrogens is 368 g/mol. The summed E-state index contributed by atoms with van der Waals surface area (Å²) in [6.45, 7) is 8.50. The van der Waals surface area contributed by atoms with E-state index in [-0.39, 0.29) is 5.41 Å². The van der Waals surface area contributed by atoms with Gasteiger partial charge in [0.25, 0.3) is 0 Å². The van der Waals surface area contributed by atoms with Crippen LogP contribution in [0.1, 0.15) is 18.1 Å². The van der Waals surface area contributed by atoms with E-state index in [4.69, 9.17) is 4.74 Å². The van der Waals surface area contributed by atoms with Gasteiger partial charge in [-0.15, -0.1) is 0 Å². The summed E-state index contributed by atoms with van der Waals surface area (Å²) in [5.41, 5.74) is 4.42. The number of nitrogens with zero attached hydrogens (tertiary/aromatic N) is 1. The highest BCUT2D eigenvalue weighted by molar-refractivity contribution is 5.92. The number of fused-ring (bicyclic) bond motifs is 1. The molecule has 1 heterocycles. The van der Waals surface area contributed by atoms with Crippen LogP contribution in [0.25, 0.3) is 10.8 Å². The predicted molar refractivity (Wildman–Crippen MR) is 127 cm³/mol. The zero-order valence-corrected chi connectivity index (χ0v) is 18.1. The maximum atomic E-state index is 5.87. The summed E-state index contributed by atoms with van der Waals surface area (Å²) < 4.78 is 5.87. The molecular formula is C27H30N2O. The van der Waals surface area contributed by atoms with E-state index in [1.807, 2.05) is 7.05 Å². The Hall–Kier alpha value is -3.20. The summed E-state index contributed by atoms with van der Waals surface area (Å²) in [6.07, 6.45) is 2.97. The molecule has 0 bridgehead atoms. The van der Waals surface area contributed by atoms with Gasteiger partial charge < -0.3 is 15.0 Å². The highest BCUT2D eigenvalue weighted by Gasteiger charge is 2.34. The lowest BCUT2D eigenvalue weighted by Crippen LogP contribution is -2.29. The third kappa shape index (κ3) is 3.68. The Bertz CT molecular complexity index is 1090. The number of benzene rings is 3. The normalized spacial score (nSPS) is 17.0. The number of likely N-dealkylation sites (N-methyl/N-ethyl adjacent to an activating group) is 1. The minimum Gasteiger partial charge on any atom is -0.477 e. The Kier molecular flexibility index (Phi) is 5.54. The van der Waals surface area contributed by atoms with Gasteiger partial charge in [0.1, 0.15) is 6.61 Å². The first-order chi connectivity index (χ1) is 14.5. The van der Waals surface area contributed by atoms with Gasteiger partial charge in [-0.2, -0.15) is 0 Å². The van der Waals surface area contributed by atoms with Crippen LogP contribution in [0.2, 0.25) is 0 Å². The van der Waals surface area contributed by atoms with Gasteiger partial charge in [0.2, 0.25) is 0 Å². The fourth-order valence-electron chi connectivity index (χ4n) is 4.41. The third-order valence-corrected chi connectivity index (χ3v) is 6.21. The maximum absolute atomic E-state index is 5.87. The minimum atomic E-state index is -0.319. The zero-order chi connectivity index (χ0) is 21.1. The Balaban J connectivity index is 1.92. The molecule has 0 radical (unpaired) electrons. The lowest BCUT2D eigenvalue weighted by atomic mass is 9.70. The molecule has 1 unspecified atom stereocenters. The highest BCUT2D eigenvalue weighted by Crippen LogP contribution is 2.43. The van der Waals surface area contributed by atoms with Crippen LogP contribution in [0.3, 0.4) is 0 Å². The second kappa shape index (κ2) is 8.27. The van der Waals surface area contributed by atoms with Crippen molar-refractivity contribution < 1.29 is 4.74 Å². The molecule has 3 nitrogen and oxygen atoms in total. The van der Waals surface area contributed by atoms with Crippen molar-refractivity contribution in [2.45, 2.75) is 18.8 Å². The van der Waals surface area contributed by atoms with Crippen molar-refractivity contribution in [1.29, 1.82) is 0 Å². The van der Waals surface area contributed by atoms with Crippen molar-refractivity contribution in [3.63, 3.8) is 0 Å². The molecule has 1 aliphatic rings. The average molecular weight is 399 g/mol. The van der Waals surface area contributed by atoms with E-state index < -0.39 is 0 Å². The largest absolute Gasteiger partial charge is 0.477 e. The predicted octanol–water partition coefficient (Wildman–Crippen LogP) is 5.74. The fraction of sp³-hybridized carbons (Fsp3) is 0.259. The van der Waals surface area contributed by atoms with Gasteiger partial charge in [-0.3, -0.25) is 0 Å². The first kappa shape index (κ1) is 20.1. The van der Waals surface area contributed by atoms with Gasteiger partial charge in [0.15, 0.2) is 5.88 Å². The Morgan fingerprint density at radius 3 is 2.53 bits per heavy atom. The number of allylic oxidation sites excluding steroid dienone is 2. The molecule has 3 aromatic carbocycles. The van der Waals surface area contributed by atoms with Gasteiger partial charge >= 0.3 is 0 Å². The zero-order valence-electron chi connectivity index (χ0n) is 18.1. The fourth-order valence-corrected chi connectivity index (χ4v) is 4.41. The van der Waals surface area contributed by atoms with E-state index >= 15 is 0 Å². The van der Waals surface area contributed by atoms with Gasteiger partial charge in [-0.25, -0.2) is 0 Å². The molecule has 0 saturated carbocycles. The summed E-state index contributed by atoms with van der Waals surface area (Å²) in [6, 6.07) is 23.6. The van der Waals surface area contributed by atoms with E-state index in [1.165, 1.54) is 21.9 Å². The number of nitrogens with one attached hydrogen (secondary N) is 1. The number of hydrogen-bond acceptors (Lipinski definition) is 3. The molecule has 0 aliphatic carbocycles. The second-order valence-corrected chi connectivity index (χ2v) is 8.23. The molecule has 154 valence electrons. The Morgan fingerprint density at radius 1 is 1.10 bits per heavy atom. The smallest absolute Gasteiger partial charge is 0.189 e. The lowest BCUT2D eigenvalue weighted by Gasteiger charge is -2.35. The van der Waals surface area contributed by atoms with E-state index in [1.54, 1.807) is 0 Å². The summed E-state index contributed by atoms with van der Waals surface area (Å²) in [5, 5.41) is 5.92. The molecule has 1 aliphatic heterocycles. The molecule has 1 fully saturated rings. The molecule has 30 heavy (non-hydrogen) atoms. The second-order valence-electron chi connectivity index (χ2n) is 8.23. The average Bonchev–Trinajstić information content (AvgIpc) is 3.17. The van der Waals surface area contributed by atoms with E-state index in [2.05, 4.69) is 104 Å². The third-order valence-electron chi connectivity index (χ3n) is 6.21. The first-order valence-corrected chi connectivity index (χ1v) is 10.5. The SMILES string of the molecule is C=C(/C=C1\OCCN1C)C(C)(Cc1ccccc1)c1c(NC)ccc2ccccc12. The summed E-state index contributed by atoms with van der Waals surface area (Å²) in [4.78, 5) is 2.15. The van der Waals surface area contributed by atoms with Crippen molar-refractivity contribution in [1.82, 2.24) is 4.90 Å².